The number of para-hydroxylation sites is 2. The van der Waals surface area contributed by atoms with E-state index < -0.39 is 10.7 Å². The summed E-state index contributed by atoms with van der Waals surface area (Å²) in [5, 5.41) is 11.1. The fraction of sp³-hybridized carbons (Fsp3) is 0.381. The van der Waals surface area contributed by atoms with Crippen molar-refractivity contribution in [2.45, 2.75) is 32.2 Å². The van der Waals surface area contributed by atoms with Crippen LogP contribution < -0.4 is 9.64 Å². The predicted octanol–water partition coefficient (Wildman–Crippen LogP) is 4.50. The van der Waals surface area contributed by atoms with Gasteiger partial charge in [-0.05, 0) is 25.0 Å². The largest absolute Gasteiger partial charge is 0.490 e. The van der Waals surface area contributed by atoms with E-state index in [2.05, 4.69) is 17.6 Å². The summed E-state index contributed by atoms with van der Waals surface area (Å²) in [6.45, 7) is 3.40. The maximum atomic E-state index is 14.6. The Hall–Kier alpha value is -3.16. The van der Waals surface area contributed by atoms with Crippen LogP contribution in [0.1, 0.15) is 31.6 Å². The number of anilines is 1. The van der Waals surface area contributed by atoms with E-state index >= 15 is 0 Å². The number of imidazole rings is 1. The van der Waals surface area contributed by atoms with Crippen molar-refractivity contribution >= 4 is 22.4 Å². The van der Waals surface area contributed by atoms with Gasteiger partial charge in [0.15, 0.2) is 11.6 Å². The van der Waals surface area contributed by atoms with Gasteiger partial charge in [-0.1, -0.05) is 19.1 Å². The molecule has 2 aromatic carbocycles. The van der Waals surface area contributed by atoms with E-state index in [-0.39, 0.29) is 17.5 Å². The Bertz CT molecular complexity index is 1060. The van der Waals surface area contributed by atoms with E-state index in [0.29, 0.717) is 18.8 Å². The van der Waals surface area contributed by atoms with Crippen molar-refractivity contribution in [1.29, 1.82) is 0 Å². The molecule has 0 aliphatic carbocycles. The molecule has 0 unspecified atom stereocenters. The molecule has 1 aromatic heterocycles. The van der Waals surface area contributed by atoms with Crippen LogP contribution in [0.4, 0.5) is 15.8 Å². The van der Waals surface area contributed by atoms with Crippen molar-refractivity contribution in [3.8, 4) is 5.75 Å². The maximum absolute atomic E-state index is 14.6. The van der Waals surface area contributed by atoms with Gasteiger partial charge in [-0.3, -0.25) is 10.1 Å². The maximum Gasteiger partial charge on any atom is 0.313 e. The summed E-state index contributed by atoms with van der Waals surface area (Å²) in [6.07, 6.45) is 2.53. The minimum Gasteiger partial charge on any atom is -0.490 e. The first-order valence-corrected chi connectivity index (χ1v) is 9.76. The second kappa shape index (κ2) is 7.69. The van der Waals surface area contributed by atoms with Gasteiger partial charge in [-0.2, -0.15) is 0 Å². The number of methoxy groups -OCH3 is 1. The van der Waals surface area contributed by atoms with Gasteiger partial charge in [0.1, 0.15) is 5.82 Å². The van der Waals surface area contributed by atoms with E-state index in [1.54, 1.807) is 0 Å². The number of nitro groups is 1. The van der Waals surface area contributed by atoms with Crippen molar-refractivity contribution in [2.75, 3.05) is 25.1 Å². The highest BCUT2D eigenvalue weighted by Gasteiger charge is 2.27. The number of rotatable bonds is 5. The smallest absolute Gasteiger partial charge is 0.313 e. The molecule has 0 atom stereocenters. The standard InChI is InChI=1S/C21H23FN4O3/c1-3-21-23-16-6-4-5-7-17(16)25(21)14-8-10-24(11-9-14)18-13-20(29-2)19(26(27)28)12-15(18)22/h4-7,12-14H,3,8-11H2,1-2H3. The summed E-state index contributed by atoms with van der Waals surface area (Å²) in [5.41, 5.74) is 2.11. The number of benzene rings is 2. The Morgan fingerprint density at radius 3 is 2.66 bits per heavy atom. The molecule has 3 aromatic rings. The molecule has 29 heavy (non-hydrogen) atoms. The van der Waals surface area contributed by atoms with Crippen LogP contribution in [0.2, 0.25) is 0 Å². The van der Waals surface area contributed by atoms with Gasteiger partial charge in [0.2, 0.25) is 0 Å². The fourth-order valence-corrected chi connectivity index (χ4v) is 4.20. The normalized spacial score (nSPS) is 15.1. The average Bonchev–Trinajstić information content (AvgIpc) is 3.12. The van der Waals surface area contributed by atoms with E-state index in [4.69, 9.17) is 9.72 Å². The van der Waals surface area contributed by atoms with Gasteiger partial charge in [-0.15, -0.1) is 0 Å². The molecule has 0 saturated carbocycles. The molecular weight excluding hydrogens is 375 g/mol. The van der Waals surface area contributed by atoms with Crippen LogP contribution in [0.3, 0.4) is 0 Å². The number of piperidine rings is 1. The average molecular weight is 398 g/mol. The molecule has 0 spiro atoms. The number of hydrogen-bond donors (Lipinski definition) is 0. The number of fused-ring (bicyclic) bond motifs is 1. The second-order valence-corrected chi connectivity index (χ2v) is 7.19. The van der Waals surface area contributed by atoms with Crippen molar-refractivity contribution in [3.63, 3.8) is 0 Å². The lowest BCUT2D eigenvalue weighted by molar-refractivity contribution is -0.385. The number of aromatic nitrogens is 2. The number of aryl methyl sites for hydroxylation is 1. The zero-order valence-electron chi connectivity index (χ0n) is 16.5. The van der Waals surface area contributed by atoms with Gasteiger partial charge in [-0.25, -0.2) is 9.37 Å². The highest BCUT2D eigenvalue weighted by Crippen LogP contribution is 2.37. The lowest BCUT2D eigenvalue weighted by Gasteiger charge is -2.35. The number of nitrogens with zero attached hydrogens (tertiary/aromatic N) is 4. The van der Waals surface area contributed by atoms with Crippen molar-refractivity contribution in [1.82, 2.24) is 9.55 Å². The molecule has 0 bridgehead atoms. The molecule has 0 N–H and O–H groups in total. The SMILES string of the molecule is CCc1nc2ccccc2n1C1CCN(c2cc(OC)c([N+](=O)[O-])cc2F)CC1. The van der Waals surface area contributed by atoms with E-state index in [0.717, 1.165) is 42.2 Å². The van der Waals surface area contributed by atoms with Crippen LogP contribution in [-0.4, -0.2) is 34.7 Å². The summed E-state index contributed by atoms with van der Waals surface area (Å²) in [5.74, 6) is 0.536. The molecule has 4 rings (SSSR count). The molecular formula is C21H23FN4O3. The minimum absolute atomic E-state index is 0.0717. The van der Waals surface area contributed by atoms with Gasteiger partial charge >= 0.3 is 5.69 Å². The van der Waals surface area contributed by atoms with Gasteiger partial charge in [0, 0.05) is 31.6 Å². The van der Waals surface area contributed by atoms with Gasteiger partial charge in [0.05, 0.1) is 34.8 Å². The summed E-state index contributed by atoms with van der Waals surface area (Å²) in [7, 11) is 1.35. The molecule has 8 heteroatoms. The molecule has 1 aliphatic heterocycles. The van der Waals surface area contributed by atoms with Crippen molar-refractivity contribution < 1.29 is 14.1 Å². The zero-order chi connectivity index (χ0) is 20.5. The van der Waals surface area contributed by atoms with Crippen LogP contribution >= 0.6 is 0 Å². The summed E-state index contributed by atoms with van der Waals surface area (Å²) in [4.78, 5) is 17.2. The first kappa shape index (κ1) is 19.2. The Balaban J connectivity index is 1.59. The van der Waals surface area contributed by atoms with E-state index in [1.807, 2.05) is 23.1 Å². The minimum atomic E-state index is -0.631. The third kappa shape index (κ3) is 3.39. The fourth-order valence-electron chi connectivity index (χ4n) is 4.20. The van der Waals surface area contributed by atoms with Gasteiger partial charge in [0.25, 0.3) is 0 Å². The van der Waals surface area contributed by atoms with Crippen LogP contribution in [0.5, 0.6) is 5.75 Å². The molecule has 7 nitrogen and oxygen atoms in total. The van der Waals surface area contributed by atoms with E-state index in [1.165, 1.54) is 13.2 Å². The number of hydrogen-bond acceptors (Lipinski definition) is 5. The Morgan fingerprint density at radius 2 is 2.00 bits per heavy atom. The Labute approximate surface area is 167 Å². The highest BCUT2D eigenvalue weighted by atomic mass is 19.1. The van der Waals surface area contributed by atoms with Crippen molar-refractivity contribution in [3.05, 3.63) is 58.2 Å². The number of ether oxygens (including phenoxy) is 1. The molecule has 0 radical (unpaired) electrons. The van der Waals surface area contributed by atoms with Gasteiger partial charge < -0.3 is 14.2 Å². The van der Waals surface area contributed by atoms with Crippen molar-refractivity contribution in [2.24, 2.45) is 0 Å². The molecule has 1 fully saturated rings. The Kier molecular flexibility index (Phi) is 5.08. The van der Waals surface area contributed by atoms with Crippen LogP contribution in [-0.2, 0) is 6.42 Å². The Morgan fingerprint density at radius 1 is 1.28 bits per heavy atom. The predicted molar refractivity (Wildman–Crippen MR) is 109 cm³/mol. The molecule has 2 heterocycles. The lowest BCUT2D eigenvalue weighted by Crippen LogP contribution is -2.35. The number of halogens is 1. The molecule has 0 amide bonds. The summed E-state index contributed by atoms with van der Waals surface area (Å²) in [6, 6.07) is 10.8. The van der Waals surface area contributed by atoms with Crippen LogP contribution in [0.25, 0.3) is 11.0 Å². The summed E-state index contributed by atoms with van der Waals surface area (Å²) < 4.78 is 22.0. The van der Waals surface area contributed by atoms with E-state index in [9.17, 15) is 14.5 Å². The highest BCUT2D eigenvalue weighted by molar-refractivity contribution is 5.76. The molecule has 152 valence electrons. The zero-order valence-corrected chi connectivity index (χ0v) is 16.5. The molecule has 1 saturated heterocycles. The first-order valence-electron chi connectivity index (χ1n) is 9.76. The second-order valence-electron chi connectivity index (χ2n) is 7.19. The number of nitro benzene ring substituents is 1. The quantitative estimate of drug-likeness (QED) is 0.467. The lowest BCUT2D eigenvalue weighted by atomic mass is 10.0. The molecule has 1 aliphatic rings. The summed E-state index contributed by atoms with van der Waals surface area (Å²) >= 11 is 0. The topological polar surface area (TPSA) is 73.4 Å². The third-order valence-electron chi connectivity index (χ3n) is 5.60. The third-order valence-corrected chi connectivity index (χ3v) is 5.60. The van der Waals surface area contributed by atoms with Crippen LogP contribution in [0.15, 0.2) is 36.4 Å². The first-order chi connectivity index (χ1) is 14.0. The van der Waals surface area contributed by atoms with Crippen LogP contribution in [0, 0.1) is 15.9 Å². The monoisotopic (exact) mass is 398 g/mol.